The van der Waals surface area contributed by atoms with Gasteiger partial charge in [0, 0.05) is 20.2 Å². The largest absolute Gasteiger partial charge is 0.383 e. The van der Waals surface area contributed by atoms with E-state index in [0.29, 0.717) is 38.0 Å². The van der Waals surface area contributed by atoms with E-state index in [4.69, 9.17) is 21.7 Å². The third-order valence-corrected chi connectivity index (χ3v) is 3.71. The van der Waals surface area contributed by atoms with Gasteiger partial charge >= 0.3 is 0 Å². The first-order chi connectivity index (χ1) is 11.8. The Kier molecular flexibility index (Phi) is 8.24. The average molecular weight is 344 g/mol. The number of rotatable bonds is 9. The molecule has 128 valence electrons. The van der Waals surface area contributed by atoms with E-state index in [1.807, 2.05) is 24.3 Å². The van der Waals surface area contributed by atoms with Crippen LogP contribution in [0.25, 0.3) is 0 Å². The van der Waals surface area contributed by atoms with Crippen LogP contribution < -0.4 is 10.6 Å². The third kappa shape index (κ3) is 7.08. The zero-order chi connectivity index (χ0) is 17.0. The Morgan fingerprint density at radius 1 is 0.917 bits per heavy atom. The van der Waals surface area contributed by atoms with Crippen molar-refractivity contribution in [1.29, 1.82) is 0 Å². The lowest BCUT2D eigenvalue weighted by Gasteiger charge is -2.11. The fraction of sp³-hybridized carbons (Fsp3) is 0.316. The number of nitrogens with one attached hydrogen (secondary N) is 2. The van der Waals surface area contributed by atoms with Crippen LogP contribution in [0.2, 0.25) is 0 Å². The van der Waals surface area contributed by atoms with Crippen molar-refractivity contribution in [2.24, 2.45) is 0 Å². The first-order valence-electron chi connectivity index (χ1n) is 7.98. The summed E-state index contributed by atoms with van der Waals surface area (Å²) < 4.78 is 10.8. The number of methoxy groups -OCH3 is 1. The maximum atomic E-state index is 5.78. The van der Waals surface area contributed by atoms with E-state index < -0.39 is 0 Å². The fourth-order valence-electron chi connectivity index (χ4n) is 2.20. The van der Waals surface area contributed by atoms with Crippen molar-refractivity contribution in [3.05, 3.63) is 71.3 Å². The Balaban J connectivity index is 1.73. The Morgan fingerprint density at radius 2 is 1.62 bits per heavy atom. The second-order valence-electron chi connectivity index (χ2n) is 5.40. The lowest BCUT2D eigenvalue weighted by molar-refractivity contribution is 0.107. The summed E-state index contributed by atoms with van der Waals surface area (Å²) in [7, 11) is 1.67. The highest BCUT2D eigenvalue weighted by atomic mass is 32.1. The molecule has 2 aromatic carbocycles. The monoisotopic (exact) mass is 344 g/mol. The van der Waals surface area contributed by atoms with Gasteiger partial charge < -0.3 is 20.1 Å². The van der Waals surface area contributed by atoms with Crippen molar-refractivity contribution in [3.8, 4) is 0 Å². The van der Waals surface area contributed by atoms with Crippen LogP contribution in [0.4, 0.5) is 0 Å². The first kappa shape index (κ1) is 18.4. The molecule has 0 saturated heterocycles. The average Bonchev–Trinajstić information content (AvgIpc) is 2.62. The summed E-state index contributed by atoms with van der Waals surface area (Å²) in [6.45, 7) is 3.24. The molecule has 0 saturated carbocycles. The molecule has 0 aromatic heterocycles. The van der Waals surface area contributed by atoms with Gasteiger partial charge in [-0.15, -0.1) is 0 Å². The number of thiocarbonyl (C=S) groups is 1. The molecule has 2 N–H and O–H groups in total. The van der Waals surface area contributed by atoms with Crippen molar-refractivity contribution in [2.45, 2.75) is 19.8 Å². The van der Waals surface area contributed by atoms with Crippen molar-refractivity contribution in [1.82, 2.24) is 10.6 Å². The Labute approximate surface area is 149 Å². The highest BCUT2D eigenvalue weighted by Gasteiger charge is 1.99. The highest BCUT2D eigenvalue weighted by Crippen LogP contribution is 2.09. The lowest BCUT2D eigenvalue weighted by Crippen LogP contribution is -2.36. The summed E-state index contributed by atoms with van der Waals surface area (Å²) in [6.07, 6.45) is 0. The molecule has 0 spiro atoms. The van der Waals surface area contributed by atoms with Gasteiger partial charge in [0.2, 0.25) is 0 Å². The number of hydrogen-bond acceptors (Lipinski definition) is 3. The predicted octanol–water partition coefficient (Wildman–Crippen LogP) is 3.01. The van der Waals surface area contributed by atoms with E-state index in [0.717, 1.165) is 5.56 Å². The van der Waals surface area contributed by atoms with Crippen LogP contribution in [0.15, 0.2) is 54.6 Å². The van der Waals surface area contributed by atoms with Crippen LogP contribution in [0, 0.1) is 0 Å². The van der Waals surface area contributed by atoms with Crippen molar-refractivity contribution in [3.63, 3.8) is 0 Å². The maximum Gasteiger partial charge on any atom is 0.166 e. The van der Waals surface area contributed by atoms with Gasteiger partial charge in [0.15, 0.2) is 5.11 Å². The molecular weight excluding hydrogens is 320 g/mol. The fourth-order valence-corrected chi connectivity index (χ4v) is 2.38. The molecule has 0 amide bonds. The van der Waals surface area contributed by atoms with Gasteiger partial charge in [0.05, 0.1) is 19.8 Å². The van der Waals surface area contributed by atoms with Crippen molar-refractivity contribution < 1.29 is 9.47 Å². The molecule has 0 aliphatic heterocycles. The van der Waals surface area contributed by atoms with Crippen LogP contribution in [-0.4, -0.2) is 25.4 Å². The molecule has 5 heteroatoms. The van der Waals surface area contributed by atoms with Gasteiger partial charge in [-0.05, 0) is 28.9 Å². The first-order valence-corrected chi connectivity index (χ1v) is 8.39. The van der Waals surface area contributed by atoms with Crippen LogP contribution in [0.3, 0.4) is 0 Å². The number of ether oxygens (including phenoxy) is 2. The summed E-state index contributed by atoms with van der Waals surface area (Å²) in [4.78, 5) is 0. The molecule has 0 aliphatic carbocycles. The van der Waals surface area contributed by atoms with Crippen LogP contribution >= 0.6 is 12.2 Å². The molecule has 0 unspecified atom stereocenters. The predicted molar refractivity (Wildman–Crippen MR) is 101 cm³/mol. The smallest absolute Gasteiger partial charge is 0.166 e. The molecular formula is C19H24N2O2S. The molecule has 24 heavy (non-hydrogen) atoms. The van der Waals surface area contributed by atoms with E-state index in [9.17, 15) is 0 Å². The zero-order valence-electron chi connectivity index (χ0n) is 14.0. The zero-order valence-corrected chi connectivity index (χ0v) is 14.8. The van der Waals surface area contributed by atoms with Crippen LogP contribution in [0.5, 0.6) is 0 Å². The summed E-state index contributed by atoms with van der Waals surface area (Å²) in [6, 6.07) is 18.5. The molecule has 0 atom stereocenters. The van der Waals surface area contributed by atoms with Gasteiger partial charge in [-0.25, -0.2) is 0 Å². The second-order valence-corrected chi connectivity index (χ2v) is 5.81. The number of benzene rings is 2. The quantitative estimate of drug-likeness (QED) is 0.541. The summed E-state index contributed by atoms with van der Waals surface area (Å²) in [5, 5.41) is 6.92. The molecule has 4 nitrogen and oxygen atoms in total. The van der Waals surface area contributed by atoms with Crippen molar-refractivity contribution in [2.75, 3.05) is 20.3 Å². The Hall–Kier alpha value is -1.95. The van der Waals surface area contributed by atoms with Crippen LogP contribution in [0.1, 0.15) is 16.7 Å². The van der Waals surface area contributed by atoms with E-state index in [1.165, 1.54) is 11.1 Å². The summed E-state index contributed by atoms with van der Waals surface area (Å²) in [5.74, 6) is 0. The molecule has 0 bridgehead atoms. The Morgan fingerprint density at radius 3 is 2.42 bits per heavy atom. The minimum atomic E-state index is 0.596. The van der Waals surface area contributed by atoms with E-state index in [1.54, 1.807) is 7.11 Å². The van der Waals surface area contributed by atoms with Gasteiger partial charge in [0.25, 0.3) is 0 Å². The highest BCUT2D eigenvalue weighted by molar-refractivity contribution is 7.80. The SMILES string of the molecule is COCCNC(=S)NCc1cccc(COCc2ccccc2)c1. The van der Waals surface area contributed by atoms with Gasteiger partial charge in [-0.2, -0.15) is 0 Å². The summed E-state index contributed by atoms with van der Waals surface area (Å²) in [5.41, 5.74) is 3.51. The maximum absolute atomic E-state index is 5.78. The minimum absolute atomic E-state index is 0.596. The van der Waals surface area contributed by atoms with E-state index in [2.05, 4.69) is 41.0 Å². The normalized spacial score (nSPS) is 10.4. The van der Waals surface area contributed by atoms with E-state index >= 15 is 0 Å². The second kappa shape index (κ2) is 10.8. The number of hydrogen-bond donors (Lipinski definition) is 2. The van der Waals surface area contributed by atoms with Crippen LogP contribution in [-0.2, 0) is 29.2 Å². The lowest BCUT2D eigenvalue weighted by atomic mass is 10.1. The van der Waals surface area contributed by atoms with Gasteiger partial charge in [-0.1, -0.05) is 54.6 Å². The molecule has 2 rings (SSSR count). The third-order valence-electron chi connectivity index (χ3n) is 3.42. The molecule has 0 aliphatic rings. The molecule has 2 aromatic rings. The summed E-state index contributed by atoms with van der Waals surface area (Å²) >= 11 is 5.22. The van der Waals surface area contributed by atoms with Gasteiger partial charge in [-0.3, -0.25) is 0 Å². The molecule has 0 heterocycles. The molecule has 0 radical (unpaired) electrons. The standard InChI is InChI=1S/C19H24N2O2S/c1-22-11-10-20-19(24)21-13-17-8-5-9-18(12-17)15-23-14-16-6-3-2-4-7-16/h2-9,12H,10-11,13-15H2,1H3,(H2,20,21,24). The molecule has 0 fully saturated rings. The van der Waals surface area contributed by atoms with E-state index in [-0.39, 0.29) is 0 Å². The Bertz CT molecular complexity index is 620. The topological polar surface area (TPSA) is 42.5 Å². The minimum Gasteiger partial charge on any atom is -0.383 e. The van der Waals surface area contributed by atoms with Gasteiger partial charge in [0.1, 0.15) is 0 Å². The van der Waals surface area contributed by atoms with Crippen molar-refractivity contribution >= 4 is 17.3 Å².